The van der Waals surface area contributed by atoms with E-state index >= 15 is 0 Å². The van der Waals surface area contributed by atoms with Crippen LogP contribution in [0.25, 0.3) is 0 Å². The van der Waals surface area contributed by atoms with Gasteiger partial charge in [0, 0.05) is 16.3 Å². The molecule has 5 heteroatoms. The zero-order valence-corrected chi connectivity index (χ0v) is 11.1. The van der Waals surface area contributed by atoms with E-state index in [1.54, 1.807) is 11.3 Å². The van der Waals surface area contributed by atoms with E-state index in [1.807, 2.05) is 6.92 Å². The van der Waals surface area contributed by atoms with Gasteiger partial charge < -0.3 is 0 Å². The lowest BCUT2D eigenvalue weighted by Crippen LogP contribution is -2.25. The molecule has 1 aliphatic carbocycles. The number of aryl methyl sites for hydroxylation is 2. The van der Waals surface area contributed by atoms with E-state index in [0.29, 0.717) is 13.0 Å². The Morgan fingerprint density at radius 3 is 2.94 bits per heavy atom. The summed E-state index contributed by atoms with van der Waals surface area (Å²) in [6, 6.07) is 2.15. The maximum absolute atomic E-state index is 11.5. The van der Waals surface area contributed by atoms with Crippen molar-refractivity contribution in [1.29, 1.82) is 0 Å². The lowest BCUT2D eigenvalue weighted by Gasteiger charge is -2.03. The summed E-state index contributed by atoms with van der Waals surface area (Å²) in [7, 11) is -3.07. The molecule has 0 spiro atoms. The predicted octanol–water partition coefficient (Wildman–Crippen LogP) is 2.07. The molecule has 3 nitrogen and oxygen atoms in total. The summed E-state index contributed by atoms with van der Waals surface area (Å²) in [5.41, 5.74) is 1.43. The standard InChI is InChI=1S/C11H17NO2S2/c1-2-6-16(13,14)12-8-10-7-9-4-3-5-11(9)15-10/h7,12H,2-6,8H2,1H3. The average Bonchev–Trinajstić information content (AvgIpc) is 2.73. The van der Waals surface area contributed by atoms with E-state index < -0.39 is 10.0 Å². The Morgan fingerprint density at radius 2 is 2.25 bits per heavy atom. The molecular formula is C11H17NO2S2. The van der Waals surface area contributed by atoms with Crippen molar-refractivity contribution in [3.8, 4) is 0 Å². The number of hydrogen-bond acceptors (Lipinski definition) is 3. The first kappa shape index (κ1) is 12.1. The molecule has 1 aromatic heterocycles. The Bertz CT molecular complexity index is 441. The normalized spacial score (nSPS) is 15.3. The smallest absolute Gasteiger partial charge is 0.211 e. The Morgan fingerprint density at radius 1 is 1.44 bits per heavy atom. The van der Waals surface area contributed by atoms with Crippen LogP contribution in [-0.2, 0) is 29.4 Å². The largest absolute Gasteiger partial charge is 0.212 e. The summed E-state index contributed by atoms with van der Waals surface area (Å²) in [6.07, 6.45) is 4.24. The third kappa shape index (κ3) is 2.84. The lowest BCUT2D eigenvalue weighted by atomic mass is 10.2. The van der Waals surface area contributed by atoms with E-state index in [2.05, 4.69) is 10.8 Å². The van der Waals surface area contributed by atoms with Crippen molar-refractivity contribution in [3.63, 3.8) is 0 Å². The minimum atomic E-state index is -3.07. The van der Waals surface area contributed by atoms with Gasteiger partial charge in [0.15, 0.2) is 0 Å². The molecule has 16 heavy (non-hydrogen) atoms. The first-order valence-corrected chi connectivity index (χ1v) is 8.15. The quantitative estimate of drug-likeness (QED) is 0.880. The molecule has 0 bridgehead atoms. The second-order valence-corrected chi connectivity index (χ2v) is 7.30. The summed E-state index contributed by atoms with van der Waals surface area (Å²) >= 11 is 1.75. The van der Waals surface area contributed by atoms with Crippen molar-refractivity contribution >= 4 is 21.4 Å². The number of fused-ring (bicyclic) bond motifs is 1. The molecule has 0 aromatic carbocycles. The topological polar surface area (TPSA) is 46.2 Å². The van der Waals surface area contributed by atoms with Gasteiger partial charge in [-0.15, -0.1) is 11.3 Å². The number of sulfonamides is 1. The molecule has 1 heterocycles. The summed E-state index contributed by atoms with van der Waals surface area (Å²) in [5, 5.41) is 0. The molecule has 1 aromatic rings. The van der Waals surface area contributed by atoms with Crippen LogP contribution < -0.4 is 4.72 Å². The highest BCUT2D eigenvalue weighted by Crippen LogP contribution is 2.30. The molecule has 1 N–H and O–H groups in total. The van der Waals surface area contributed by atoms with E-state index in [4.69, 9.17) is 0 Å². The van der Waals surface area contributed by atoms with Crippen LogP contribution in [-0.4, -0.2) is 14.2 Å². The SMILES string of the molecule is CCCS(=O)(=O)NCc1cc2c(s1)CCC2. The van der Waals surface area contributed by atoms with Crippen LogP contribution in [0.5, 0.6) is 0 Å². The van der Waals surface area contributed by atoms with Crippen molar-refractivity contribution < 1.29 is 8.42 Å². The Hall–Kier alpha value is -0.390. The molecule has 90 valence electrons. The highest BCUT2D eigenvalue weighted by molar-refractivity contribution is 7.89. The maximum atomic E-state index is 11.5. The van der Waals surface area contributed by atoms with Gasteiger partial charge in [0.1, 0.15) is 0 Å². The van der Waals surface area contributed by atoms with Crippen molar-refractivity contribution in [2.75, 3.05) is 5.75 Å². The van der Waals surface area contributed by atoms with Gasteiger partial charge in [-0.05, 0) is 37.3 Å². The van der Waals surface area contributed by atoms with Crippen LogP contribution in [0, 0.1) is 0 Å². The molecular weight excluding hydrogens is 242 g/mol. The van der Waals surface area contributed by atoms with Crippen LogP contribution in [0.1, 0.15) is 35.1 Å². The van der Waals surface area contributed by atoms with Gasteiger partial charge in [0.25, 0.3) is 0 Å². The highest BCUT2D eigenvalue weighted by Gasteiger charge is 2.15. The van der Waals surface area contributed by atoms with E-state index in [1.165, 1.54) is 23.3 Å². The van der Waals surface area contributed by atoms with Crippen LogP contribution in [0.3, 0.4) is 0 Å². The molecule has 0 amide bonds. The molecule has 1 aliphatic rings. The van der Waals surface area contributed by atoms with E-state index in [-0.39, 0.29) is 5.75 Å². The van der Waals surface area contributed by atoms with Crippen molar-refractivity contribution in [1.82, 2.24) is 4.72 Å². The van der Waals surface area contributed by atoms with Gasteiger partial charge >= 0.3 is 0 Å². The molecule has 0 saturated heterocycles. The average molecular weight is 259 g/mol. The second-order valence-electron chi connectivity index (χ2n) is 4.15. The van der Waals surface area contributed by atoms with Crippen LogP contribution in [0.2, 0.25) is 0 Å². The minimum Gasteiger partial charge on any atom is -0.212 e. The first-order chi connectivity index (χ1) is 7.61. The fraction of sp³-hybridized carbons (Fsp3) is 0.636. The lowest BCUT2D eigenvalue weighted by molar-refractivity contribution is 0.580. The summed E-state index contributed by atoms with van der Waals surface area (Å²) < 4.78 is 25.6. The summed E-state index contributed by atoms with van der Waals surface area (Å²) in [5.74, 6) is 0.220. The molecule has 2 rings (SSSR count). The molecule has 0 radical (unpaired) electrons. The highest BCUT2D eigenvalue weighted by atomic mass is 32.2. The molecule has 0 unspecified atom stereocenters. The molecule has 0 atom stereocenters. The van der Waals surface area contributed by atoms with E-state index in [0.717, 1.165) is 11.3 Å². The van der Waals surface area contributed by atoms with E-state index in [9.17, 15) is 8.42 Å². The van der Waals surface area contributed by atoms with Crippen molar-refractivity contribution in [2.24, 2.45) is 0 Å². The molecule has 0 aliphatic heterocycles. The third-order valence-corrected chi connectivity index (χ3v) is 5.50. The van der Waals surface area contributed by atoms with Gasteiger partial charge in [-0.3, -0.25) is 0 Å². The number of thiophene rings is 1. The van der Waals surface area contributed by atoms with Gasteiger partial charge in [0.2, 0.25) is 10.0 Å². The third-order valence-electron chi connectivity index (χ3n) is 2.74. The number of hydrogen-bond donors (Lipinski definition) is 1. The number of nitrogens with one attached hydrogen (secondary N) is 1. The molecule has 0 saturated carbocycles. The zero-order valence-electron chi connectivity index (χ0n) is 9.45. The van der Waals surface area contributed by atoms with Gasteiger partial charge in [-0.25, -0.2) is 13.1 Å². The Labute approximate surface area is 101 Å². The van der Waals surface area contributed by atoms with Crippen molar-refractivity contribution in [3.05, 3.63) is 21.4 Å². The second kappa shape index (κ2) is 4.85. The summed E-state index contributed by atoms with van der Waals surface area (Å²) in [4.78, 5) is 2.59. The fourth-order valence-corrected chi connectivity index (χ4v) is 4.35. The van der Waals surface area contributed by atoms with Crippen LogP contribution in [0.4, 0.5) is 0 Å². The fourth-order valence-electron chi connectivity index (χ4n) is 2.00. The first-order valence-electron chi connectivity index (χ1n) is 5.68. The Kier molecular flexibility index (Phi) is 3.66. The molecule has 0 fully saturated rings. The minimum absolute atomic E-state index is 0.220. The van der Waals surface area contributed by atoms with Gasteiger partial charge in [0.05, 0.1) is 5.75 Å². The maximum Gasteiger partial charge on any atom is 0.211 e. The zero-order chi connectivity index (χ0) is 11.6. The van der Waals surface area contributed by atoms with Crippen molar-refractivity contribution in [2.45, 2.75) is 39.2 Å². The van der Waals surface area contributed by atoms with Gasteiger partial charge in [-0.2, -0.15) is 0 Å². The number of rotatable bonds is 5. The Balaban J connectivity index is 1.95. The van der Waals surface area contributed by atoms with Crippen LogP contribution >= 0.6 is 11.3 Å². The summed E-state index contributed by atoms with van der Waals surface area (Å²) in [6.45, 7) is 2.33. The predicted molar refractivity (Wildman–Crippen MR) is 67.3 cm³/mol. The monoisotopic (exact) mass is 259 g/mol. The van der Waals surface area contributed by atoms with Gasteiger partial charge in [-0.1, -0.05) is 6.92 Å². The van der Waals surface area contributed by atoms with Crippen LogP contribution in [0.15, 0.2) is 6.07 Å².